The third-order valence-electron chi connectivity index (χ3n) is 3.39. The van der Waals surface area contributed by atoms with Crippen molar-refractivity contribution in [2.75, 3.05) is 39.4 Å². The maximum absolute atomic E-state index is 5.34. The van der Waals surface area contributed by atoms with Crippen LogP contribution in [-0.2, 0) is 4.74 Å². The lowest BCUT2D eigenvalue weighted by molar-refractivity contribution is -0.906. The molecule has 0 atom stereocenters. The van der Waals surface area contributed by atoms with Gasteiger partial charge in [0.15, 0.2) is 5.11 Å². The number of hydrogen-bond acceptors (Lipinski definition) is 4. The summed E-state index contributed by atoms with van der Waals surface area (Å²) in [7, 11) is 0. The van der Waals surface area contributed by atoms with Crippen LogP contribution < -0.4 is 15.6 Å². The van der Waals surface area contributed by atoms with Crippen LogP contribution in [0, 0.1) is 6.92 Å². The van der Waals surface area contributed by atoms with Gasteiger partial charge in [0.1, 0.15) is 13.1 Å². The van der Waals surface area contributed by atoms with Gasteiger partial charge in [0.25, 0.3) is 0 Å². The maximum atomic E-state index is 5.34. The lowest BCUT2D eigenvalue weighted by Crippen LogP contribution is -3.14. The van der Waals surface area contributed by atoms with Crippen LogP contribution in [0.5, 0.6) is 0 Å². The number of nitrogens with one attached hydrogen (secondary N) is 3. The first-order chi connectivity index (χ1) is 10.1. The Bertz CT molecular complexity index is 495. The highest BCUT2D eigenvalue weighted by molar-refractivity contribution is 7.80. The van der Waals surface area contributed by atoms with E-state index in [-0.39, 0.29) is 0 Å². The minimum Gasteiger partial charge on any atom is -0.370 e. The van der Waals surface area contributed by atoms with E-state index < -0.39 is 0 Å². The summed E-state index contributed by atoms with van der Waals surface area (Å²) in [6.07, 6.45) is 0. The molecule has 2 heterocycles. The normalized spacial score (nSPS) is 16.8. The lowest BCUT2D eigenvalue weighted by Gasteiger charge is -2.23. The molecule has 1 aromatic heterocycles. The van der Waals surface area contributed by atoms with E-state index in [1.165, 1.54) is 9.75 Å². The van der Waals surface area contributed by atoms with Gasteiger partial charge < -0.3 is 15.0 Å². The van der Waals surface area contributed by atoms with Crippen LogP contribution in [0.15, 0.2) is 17.2 Å². The first-order valence-corrected chi connectivity index (χ1v) is 8.44. The van der Waals surface area contributed by atoms with Gasteiger partial charge in [-0.1, -0.05) is 0 Å². The van der Waals surface area contributed by atoms with Crippen molar-refractivity contribution in [2.45, 2.75) is 13.8 Å². The quantitative estimate of drug-likeness (QED) is 0.410. The van der Waals surface area contributed by atoms with E-state index in [0.29, 0.717) is 5.11 Å². The molecular formula is C14H23N4OS2+. The fraction of sp³-hybridized carbons (Fsp3) is 0.571. The smallest absolute Gasteiger partial charge is 0.187 e. The van der Waals surface area contributed by atoms with Gasteiger partial charge in [-0.05, 0) is 38.2 Å². The number of hydrogen-bond donors (Lipinski definition) is 3. The highest BCUT2D eigenvalue weighted by Crippen LogP contribution is 2.15. The Labute approximate surface area is 135 Å². The van der Waals surface area contributed by atoms with E-state index in [2.05, 4.69) is 34.9 Å². The van der Waals surface area contributed by atoms with Crippen molar-refractivity contribution < 1.29 is 9.64 Å². The standard InChI is InChI=1S/C14H22N4OS2/c1-11-3-4-13(21-11)12(2)16-17-14(20)15-5-6-18-7-9-19-10-8-18/h3-4H,5-10H2,1-2H3,(H2,15,17,20)/p+1/b16-12-. The highest BCUT2D eigenvalue weighted by atomic mass is 32.1. The number of thiophene rings is 1. The summed E-state index contributed by atoms with van der Waals surface area (Å²) in [6, 6.07) is 4.18. The average Bonchev–Trinajstić information content (AvgIpc) is 2.92. The van der Waals surface area contributed by atoms with Gasteiger partial charge in [0, 0.05) is 4.88 Å². The molecule has 5 nitrogen and oxygen atoms in total. The maximum Gasteiger partial charge on any atom is 0.187 e. The summed E-state index contributed by atoms with van der Waals surface area (Å²) >= 11 is 6.97. The van der Waals surface area contributed by atoms with Crippen LogP contribution in [-0.4, -0.2) is 50.2 Å². The van der Waals surface area contributed by atoms with Gasteiger partial charge in [-0.25, -0.2) is 0 Å². The highest BCUT2D eigenvalue weighted by Gasteiger charge is 2.12. The molecule has 0 bridgehead atoms. The minimum atomic E-state index is 0.579. The van der Waals surface area contributed by atoms with Crippen LogP contribution in [0.4, 0.5) is 0 Å². The second kappa shape index (κ2) is 8.43. The van der Waals surface area contributed by atoms with E-state index in [1.807, 2.05) is 6.92 Å². The first-order valence-electron chi connectivity index (χ1n) is 7.21. The molecule has 1 aromatic rings. The zero-order chi connectivity index (χ0) is 15.1. The van der Waals surface area contributed by atoms with E-state index >= 15 is 0 Å². The predicted molar refractivity (Wildman–Crippen MR) is 91.4 cm³/mol. The Morgan fingerprint density at radius 2 is 2.19 bits per heavy atom. The molecule has 7 heteroatoms. The van der Waals surface area contributed by atoms with Gasteiger partial charge >= 0.3 is 0 Å². The van der Waals surface area contributed by atoms with Crippen LogP contribution in [0.3, 0.4) is 0 Å². The number of rotatable bonds is 5. The van der Waals surface area contributed by atoms with Gasteiger partial charge in [-0.15, -0.1) is 11.3 Å². The molecular weight excluding hydrogens is 304 g/mol. The van der Waals surface area contributed by atoms with E-state index in [0.717, 1.165) is 45.1 Å². The predicted octanol–water partition coefficient (Wildman–Crippen LogP) is 0.160. The summed E-state index contributed by atoms with van der Waals surface area (Å²) in [5, 5.41) is 8.10. The first kappa shape index (κ1) is 16.4. The third-order valence-corrected chi connectivity index (χ3v) is 4.73. The molecule has 3 N–H and O–H groups in total. The number of hydrazone groups is 1. The Morgan fingerprint density at radius 1 is 1.43 bits per heavy atom. The summed E-state index contributed by atoms with van der Waals surface area (Å²) in [5.74, 6) is 0. The lowest BCUT2D eigenvalue weighted by atomic mass is 10.3. The largest absolute Gasteiger partial charge is 0.370 e. The van der Waals surface area contributed by atoms with Crippen molar-refractivity contribution in [1.29, 1.82) is 0 Å². The summed E-state index contributed by atoms with van der Waals surface area (Å²) in [5.41, 5.74) is 3.86. The molecule has 0 radical (unpaired) electrons. The average molecular weight is 327 g/mol. The van der Waals surface area contributed by atoms with E-state index in [9.17, 15) is 0 Å². The molecule has 0 spiro atoms. The molecule has 21 heavy (non-hydrogen) atoms. The molecule has 1 aliphatic rings. The van der Waals surface area contributed by atoms with Crippen LogP contribution in [0.1, 0.15) is 16.7 Å². The van der Waals surface area contributed by atoms with Crippen LogP contribution in [0.2, 0.25) is 0 Å². The second-order valence-electron chi connectivity index (χ2n) is 5.09. The second-order valence-corrected chi connectivity index (χ2v) is 6.78. The number of thiocarbonyl (C=S) groups is 1. The van der Waals surface area contributed by atoms with Crippen molar-refractivity contribution in [3.05, 3.63) is 21.9 Å². The molecule has 0 aromatic carbocycles. The summed E-state index contributed by atoms with van der Waals surface area (Å²) in [4.78, 5) is 4.01. The molecule has 2 rings (SSSR count). The molecule has 0 amide bonds. The fourth-order valence-corrected chi connectivity index (χ4v) is 3.08. The Balaban J connectivity index is 1.67. The van der Waals surface area contributed by atoms with Gasteiger partial charge in [0.2, 0.25) is 0 Å². The number of morpholine rings is 1. The molecule has 0 saturated carbocycles. The molecule has 0 aliphatic carbocycles. The molecule has 1 aliphatic heterocycles. The number of quaternary nitrogens is 1. The van der Waals surface area contributed by atoms with Crippen molar-refractivity contribution in [2.24, 2.45) is 5.10 Å². The van der Waals surface area contributed by atoms with Gasteiger partial charge in [-0.2, -0.15) is 5.10 Å². The monoisotopic (exact) mass is 327 g/mol. The molecule has 116 valence electrons. The van der Waals surface area contributed by atoms with Gasteiger partial charge in [-0.3, -0.25) is 5.43 Å². The Kier molecular flexibility index (Phi) is 6.56. The Hall–Kier alpha value is -1.02. The van der Waals surface area contributed by atoms with Crippen molar-refractivity contribution in [3.8, 4) is 0 Å². The van der Waals surface area contributed by atoms with Crippen LogP contribution in [0.25, 0.3) is 0 Å². The van der Waals surface area contributed by atoms with E-state index in [4.69, 9.17) is 17.0 Å². The molecule has 0 unspecified atom stereocenters. The molecule has 1 fully saturated rings. The number of ether oxygens (including phenoxy) is 1. The SMILES string of the molecule is C/C(=N/NC(=S)NCC[NH+]1CCOCC1)c1ccc(C)s1. The fourth-order valence-electron chi connectivity index (χ4n) is 2.12. The minimum absolute atomic E-state index is 0.579. The summed E-state index contributed by atoms with van der Waals surface area (Å²) < 4.78 is 5.34. The van der Waals surface area contributed by atoms with Crippen molar-refractivity contribution >= 4 is 34.4 Å². The van der Waals surface area contributed by atoms with Crippen LogP contribution >= 0.6 is 23.6 Å². The molecule has 1 saturated heterocycles. The van der Waals surface area contributed by atoms with E-state index in [1.54, 1.807) is 16.2 Å². The third kappa shape index (κ3) is 5.70. The van der Waals surface area contributed by atoms with Crippen molar-refractivity contribution in [3.63, 3.8) is 0 Å². The number of aryl methyl sites for hydroxylation is 1. The zero-order valence-corrected chi connectivity index (χ0v) is 14.2. The van der Waals surface area contributed by atoms with Gasteiger partial charge in [0.05, 0.1) is 36.9 Å². The van der Waals surface area contributed by atoms with Crippen molar-refractivity contribution in [1.82, 2.24) is 10.7 Å². The topological polar surface area (TPSA) is 50.1 Å². The zero-order valence-electron chi connectivity index (χ0n) is 12.6. The number of nitrogens with zero attached hydrogens (tertiary/aromatic N) is 1. The summed E-state index contributed by atoms with van der Waals surface area (Å²) in [6.45, 7) is 9.87. The Morgan fingerprint density at radius 3 is 2.86 bits per heavy atom.